The molecule has 1 aromatic rings. The highest BCUT2D eigenvalue weighted by Gasteiger charge is 2.35. The van der Waals surface area contributed by atoms with Crippen molar-refractivity contribution in [1.29, 1.82) is 0 Å². The molecule has 3 amide bonds. The number of carbonyl (C=O) groups excluding carboxylic acids is 4. The monoisotopic (exact) mass is 520 g/mol. The maximum atomic E-state index is 12.3. The van der Waals surface area contributed by atoms with Gasteiger partial charge in [-0.05, 0) is 65.0 Å². The average molecular weight is 520 g/mol. The Morgan fingerprint density at radius 3 is 2.64 bits per heavy atom. The maximum absolute atomic E-state index is 12.3. The van der Waals surface area contributed by atoms with Gasteiger partial charge in [-0.15, -0.1) is 0 Å². The van der Waals surface area contributed by atoms with Gasteiger partial charge in [0.1, 0.15) is 6.54 Å². The summed E-state index contributed by atoms with van der Waals surface area (Å²) in [5.74, 6) is -1.17. The summed E-state index contributed by atoms with van der Waals surface area (Å²) in [6, 6.07) is 3.30. The number of nitrogens with zero attached hydrogens (tertiary/aromatic N) is 1. The lowest BCUT2D eigenvalue weighted by atomic mass is 10.2. The predicted molar refractivity (Wildman–Crippen MR) is 110 cm³/mol. The molecule has 1 saturated heterocycles. The third-order valence-electron chi connectivity index (χ3n) is 3.38. The van der Waals surface area contributed by atoms with Crippen LogP contribution in [-0.2, 0) is 19.1 Å². The van der Waals surface area contributed by atoms with Gasteiger partial charge in [-0.25, -0.2) is 4.79 Å². The molecule has 0 atom stereocenters. The quantitative estimate of drug-likeness (QED) is 0.313. The molecular formula is C17H17IN2O7S. The molecule has 1 fully saturated rings. The van der Waals surface area contributed by atoms with Crippen LogP contribution < -0.4 is 15.2 Å². The molecule has 1 aliphatic rings. The van der Waals surface area contributed by atoms with Crippen LogP contribution >= 0.6 is 34.4 Å². The third kappa shape index (κ3) is 5.38. The van der Waals surface area contributed by atoms with E-state index in [1.165, 1.54) is 13.2 Å². The second kappa shape index (κ2) is 9.78. The van der Waals surface area contributed by atoms with Crippen LogP contribution in [0.4, 0.5) is 4.79 Å². The summed E-state index contributed by atoms with van der Waals surface area (Å²) in [6.45, 7) is 1.21. The molecule has 11 heteroatoms. The maximum Gasteiger partial charge on any atom is 0.344 e. The molecule has 28 heavy (non-hydrogen) atoms. The van der Waals surface area contributed by atoms with E-state index in [1.54, 1.807) is 19.1 Å². The second-order valence-corrected chi connectivity index (χ2v) is 7.52. The second-order valence-electron chi connectivity index (χ2n) is 5.36. The standard InChI is InChI=1S/C17H17IN2O7S/c1-3-26-14(22)8-27-15-10(18)4-9(5-11(15)25-2)6-12-16(23)20(7-13(19)21)17(24)28-12/h4-6H,3,7-8H2,1-2H3,(H2,19,21)/b12-6-. The highest BCUT2D eigenvalue weighted by atomic mass is 127. The number of thioether (sulfide) groups is 1. The molecule has 0 radical (unpaired) electrons. The van der Waals surface area contributed by atoms with E-state index in [4.69, 9.17) is 19.9 Å². The zero-order chi connectivity index (χ0) is 20.8. The summed E-state index contributed by atoms with van der Waals surface area (Å²) in [6.07, 6.45) is 1.51. The SMILES string of the molecule is CCOC(=O)COc1c(I)cc(/C=C2\SC(=O)N(CC(N)=O)C2=O)cc1OC. The van der Waals surface area contributed by atoms with E-state index in [0.29, 0.717) is 32.4 Å². The first-order valence-corrected chi connectivity index (χ1v) is 9.86. The molecular weight excluding hydrogens is 503 g/mol. The van der Waals surface area contributed by atoms with Crippen molar-refractivity contribution in [1.82, 2.24) is 4.90 Å². The highest BCUT2D eigenvalue weighted by Crippen LogP contribution is 2.37. The molecule has 2 N–H and O–H groups in total. The van der Waals surface area contributed by atoms with Crippen molar-refractivity contribution in [3.63, 3.8) is 0 Å². The number of hydrogen-bond donors (Lipinski definition) is 1. The first-order valence-electron chi connectivity index (χ1n) is 7.96. The number of nitrogens with two attached hydrogens (primary N) is 1. The first-order chi connectivity index (χ1) is 13.3. The van der Waals surface area contributed by atoms with Crippen molar-refractivity contribution >= 4 is 63.5 Å². The van der Waals surface area contributed by atoms with E-state index in [1.807, 2.05) is 22.6 Å². The van der Waals surface area contributed by atoms with E-state index in [2.05, 4.69) is 0 Å². The Bertz CT molecular complexity index is 856. The first kappa shape index (κ1) is 22.0. The fourth-order valence-electron chi connectivity index (χ4n) is 2.24. The predicted octanol–water partition coefficient (Wildman–Crippen LogP) is 1.76. The van der Waals surface area contributed by atoms with Crippen LogP contribution in [0.15, 0.2) is 17.0 Å². The number of halogens is 1. The van der Waals surface area contributed by atoms with Crippen molar-refractivity contribution in [2.75, 3.05) is 26.9 Å². The van der Waals surface area contributed by atoms with Gasteiger partial charge in [0.05, 0.1) is 22.2 Å². The van der Waals surface area contributed by atoms with Crippen LogP contribution in [0.1, 0.15) is 12.5 Å². The zero-order valence-corrected chi connectivity index (χ0v) is 18.0. The molecule has 2 rings (SSSR count). The minimum atomic E-state index is -0.775. The third-order valence-corrected chi connectivity index (χ3v) is 5.09. The molecule has 0 unspecified atom stereocenters. The van der Waals surface area contributed by atoms with Crippen LogP contribution in [0.25, 0.3) is 6.08 Å². The van der Waals surface area contributed by atoms with E-state index in [9.17, 15) is 19.2 Å². The van der Waals surface area contributed by atoms with Crippen molar-refractivity contribution in [2.24, 2.45) is 5.73 Å². The molecule has 0 aliphatic carbocycles. The van der Waals surface area contributed by atoms with Crippen LogP contribution in [0.2, 0.25) is 0 Å². The number of benzene rings is 1. The Morgan fingerprint density at radius 1 is 1.32 bits per heavy atom. The van der Waals surface area contributed by atoms with Gasteiger partial charge < -0.3 is 19.9 Å². The van der Waals surface area contributed by atoms with Crippen molar-refractivity contribution < 1.29 is 33.4 Å². The van der Waals surface area contributed by atoms with Gasteiger partial charge in [0.25, 0.3) is 11.1 Å². The Labute approximate surface area is 178 Å². The number of carbonyl (C=O) groups is 4. The minimum absolute atomic E-state index is 0.157. The van der Waals surface area contributed by atoms with Gasteiger partial charge in [0, 0.05) is 0 Å². The van der Waals surface area contributed by atoms with E-state index in [0.717, 1.165) is 4.90 Å². The van der Waals surface area contributed by atoms with E-state index < -0.39 is 29.6 Å². The molecule has 1 aliphatic heterocycles. The summed E-state index contributed by atoms with van der Waals surface area (Å²) >= 11 is 2.72. The van der Waals surface area contributed by atoms with Crippen LogP contribution in [0, 0.1) is 3.57 Å². The Kier molecular flexibility index (Phi) is 7.69. The topological polar surface area (TPSA) is 125 Å². The number of primary amides is 1. The summed E-state index contributed by atoms with van der Waals surface area (Å²) in [4.78, 5) is 47.6. The molecule has 1 aromatic carbocycles. The molecule has 0 bridgehead atoms. The van der Waals surface area contributed by atoms with Gasteiger partial charge in [0.2, 0.25) is 5.91 Å². The van der Waals surface area contributed by atoms with Crippen molar-refractivity contribution in [3.05, 3.63) is 26.2 Å². The van der Waals surface area contributed by atoms with Gasteiger partial charge in [-0.1, -0.05) is 0 Å². The van der Waals surface area contributed by atoms with Crippen LogP contribution in [0.5, 0.6) is 11.5 Å². The molecule has 0 aromatic heterocycles. The zero-order valence-electron chi connectivity index (χ0n) is 15.0. The van der Waals surface area contributed by atoms with Gasteiger partial charge in [-0.3, -0.25) is 19.3 Å². The fraction of sp³-hybridized carbons (Fsp3) is 0.294. The van der Waals surface area contributed by atoms with Crippen molar-refractivity contribution in [3.8, 4) is 11.5 Å². The molecule has 150 valence electrons. The smallest absolute Gasteiger partial charge is 0.344 e. The van der Waals surface area contributed by atoms with Gasteiger partial charge in [-0.2, -0.15) is 0 Å². The largest absolute Gasteiger partial charge is 0.493 e. The summed E-state index contributed by atoms with van der Waals surface area (Å²) in [7, 11) is 1.44. The van der Waals surface area contributed by atoms with Gasteiger partial charge in [0.15, 0.2) is 18.1 Å². The summed E-state index contributed by atoms with van der Waals surface area (Å²) in [5.41, 5.74) is 5.64. The van der Waals surface area contributed by atoms with Crippen molar-refractivity contribution in [2.45, 2.75) is 6.92 Å². The molecule has 1 heterocycles. The lowest BCUT2D eigenvalue weighted by Crippen LogP contribution is -2.36. The lowest BCUT2D eigenvalue weighted by Gasteiger charge is -2.13. The molecule has 0 saturated carbocycles. The summed E-state index contributed by atoms with van der Waals surface area (Å²) in [5, 5.41) is -0.564. The number of rotatable bonds is 8. The number of ether oxygens (including phenoxy) is 3. The Morgan fingerprint density at radius 2 is 2.04 bits per heavy atom. The highest BCUT2D eigenvalue weighted by molar-refractivity contribution is 14.1. The van der Waals surface area contributed by atoms with E-state index >= 15 is 0 Å². The normalized spacial score (nSPS) is 15.1. The minimum Gasteiger partial charge on any atom is -0.493 e. The van der Waals surface area contributed by atoms with Crippen LogP contribution in [0.3, 0.4) is 0 Å². The number of methoxy groups -OCH3 is 1. The van der Waals surface area contributed by atoms with Gasteiger partial charge >= 0.3 is 5.97 Å². The van der Waals surface area contributed by atoms with E-state index in [-0.39, 0.29) is 18.1 Å². The number of esters is 1. The fourth-order valence-corrected chi connectivity index (χ4v) is 3.86. The molecule has 0 spiro atoms. The molecule has 9 nitrogen and oxygen atoms in total. The number of imide groups is 1. The summed E-state index contributed by atoms with van der Waals surface area (Å²) < 4.78 is 16.2. The Hall–Kier alpha value is -2.28. The van der Waals surface area contributed by atoms with Crippen LogP contribution in [-0.4, -0.2) is 54.8 Å². The Balaban J connectivity index is 2.25. The number of amides is 3. The lowest BCUT2D eigenvalue weighted by molar-refractivity contribution is -0.145. The number of hydrogen-bond acceptors (Lipinski definition) is 8. The average Bonchev–Trinajstić information content (AvgIpc) is 2.87.